The first-order valence-electron chi connectivity index (χ1n) is 3.35. The minimum Gasteiger partial charge on any atom is -0.378 e. The third-order valence-corrected chi connectivity index (χ3v) is 1.01. The summed E-state index contributed by atoms with van der Waals surface area (Å²) in [5.74, 6) is 0.548. The van der Waals surface area contributed by atoms with Crippen LogP contribution in [0.5, 0.6) is 5.75 Å². The van der Waals surface area contributed by atoms with Crippen LogP contribution >= 0.6 is 0 Å². The fraction of sp³-hybridized carbons (Fsp3) is 0. The number of primary amides is 1. The number of nitrogens with two attached hydrogens (primary N) is 1. The molecule has 0 atom stereocenters. The summed E-state index contributed by atoms with van der Waals surface area (Å²) in [6.07, 6.45) is 0. The van der Waals surface area contributed by atoms with Gasteiger partial charge in [0.15, 0.2) is 5.75 Å². The zero-order chi connectivity index (χ0) is 10.1. The van der Waals surface area contributed by atoms with E-state index in [1.807, 2.05) is 18.3 Å². The van der Waals surface area contributed by atoms with E-state index < -0.39 is 6.03 Å². The van der Waals surface area contributed by atoms with Gasteiger partial charge in [-0.15, -0.1) is 0 Å². The Morgan fingerprint density at radius 1 is 1.31 bits per heavy atom. The molecule has 3 N–H and O–H groups in total. The molecule has 0 aliphatic heterocycles. The summed E-state index contributed by atoms with van der Waals surface area (Å²) >= 11 is 0. The van der Waals surface area contributed by atoms with E-state index in [2.05, 4.69) is 0 Å². The van der Waals surface area contributed by atoms with Gasteiger partial charge in [0.1, 0.15) is 6.79 Å². The van der Waals surface area contributed by atoms with Gasteiger partial charge >= 0.3 is 6.03 Å². The molecule has 0 aromatic heterocycles. The minimum absolute atomic E-state index is 0.548. The summed E-state index contributed by atoms with van der Waals surface area (Å²) in [5, 5.41) is 0. The molecule has 0 radical (unpaired) electrons. The summed E-state index contributed by atoms with van der Waals surface area (Å²) in [7, 11) is 0. The standard InChI is InChI=1S/C7H8N2O2.CH2O/c8-7(10)9-11-6-4-2-1-3-5-6;1-2/h1-5H,(H3,8,9,10);1H2. The highest BCUT2D eigenvalue weighted by molar-refractivity contribution is 5.70. The second-order valence-electron chi connectivity index (χ2n) is 1.88. The van der Waals surface area contributed by atoms with Crippen LogP contribution in [0, 0.1) is 0 Å². The molecule has 1 aromatic rings. The molecule has 1 aromatic carbocycles. The number of hydrogen-bond donors (Lipinski definition) is 2. The van der Waals surface area contributed by atoms with Crippen molar-refractivity contribution < 1.29 is 14.4 Å². The van der Waals surface area contributed by atoms with E-state index in [9.17, 15) is 4.79 Å². The SMILES string of the molecule is C=O.NC(=O)NOc1ccccc1. The van der Waals surface area contributed by atoms with Gasteiger partial charge in [-0.1, -0.05) is 18.2 Å². The Kier molecular flexibility index (Phi) is 5.61. The van der Waals surface area contributed by atoms with Crippen LogP contribution in [-0.2, 0) is 4.79 Å². The van der Waals surface area contributed by atoms with Crippen LogP contribution in [0.15, 0.2) is 30.3 Å². The zero-order valence-corrected chi connectivity index (χ0v) is 6.90. The molecule has 2 amide bonds. The van der Waals surface area contributed by atoms with Crippen molar-refractivity contribution in [1.29, 1.82) is 0 Å². The molecule has 0 spiro atoms. The number of urea groups is 1. The van der Waals surface area contributed by atoms with Crippen molar-refractivity contribution in [1.82, 2.24) is 5.48 Å². The number of nitrogens with one attached hydrogen (secondary N) is 1. The maximum absolute atomic E-state index is 10.2. The minimum atomic E-state index is -0.714. The Balaban J connectivity index is 0.000000671. The van der Waals surface area contributed by atoms with Crippen LogP contribution in [0.1, 0.15) is 0 Å². The highest BCUT2D eigenvalue weighted by atomic mass is 16.7. The first kappa shape index (κ1) is 11.0. The molecule has 0 fully saturated rings. The van der Waals surface area contributed by atoms with E-state index in [-0.39, 0.29) is 0 Å². The average Bonchev–Trinajstić information content (AvgIpc) is 2.19. The molecular formula is C8H10N2O3. The second-order valence-corrected chi connectivity index (χ2v) is 1.88. The first-order valence-corrected chi connectivity index (χ1v) is 3.35. The van der Waals surface area contributed by atoms with Gasteiger partial charge in [0.05, 0.1) is 0 Å². The summed E-state index contributed by atoms with van der Waals surface area (Å²) in [6.45, 7) is 2.00. The number of rotatable bonds is 2. The summed E-state index contributed by atoms with van der Waals surface area (Å²) in [6, 6.07) is 8.12. The highest BCUT2D eigenvalue weighted by Gasteiger charge is 1.91. The summed E-state index contributed by atoms with van der Waals surface area (Å²) in [4.78, 5) is 22.9. The average molecular weight is 182 g/mol. The predicted molar refractivity (Wildman–Crippen MR) is 46.9 cm³/mol. The molecule has 0 saturated heterocycles. The van der Waals surface area contributed by atoms with E-state index in [1.54, 1.807) is 24.3 Å². The van der Waals surface area contributed by atoms with Gasteiger partial charge in [-0.3, -0.25) is 0 Å². The zero-order valence-electron chi connectivity index (χ0n) is 6.90. The van der Waals surface area contributed by atoms with E-state index >= 15 is 0 Å². The van der Waals surface area contributed by atoms with Gasteiger partial charge in [0.25, 0.3) is 0 Å². The topological polar surface area (TPSA) is 81.4 Å². The molecule has 5 heteroatoms. The van der Waals surface area contributed by atoms with Crippen LogP contribution < -0.4 is 16.1 Å². The normalized spacial score (nSPS) is 7.69. The fourth-order valence-corrected chi connectivity index (χ4v) is 0.598. The number of carbonyl (C=O) groups excluding carboxylic acids is 2. The van der Waals surface area contributed by atoms with E-state index in [1.165, 1.54) is 0 Å². The van der Waals surface area contributed by atoms with Crippen LogP contribution in [0.3, 0.4) is 0 Å². The van der Waals surface area contributed by atoms with Crippen molar-refractivity contribution in [3.8, 4) is 5.75 Å². The Morgan fingerprint density at radius 3 is 2.31 bits per heavy atom. The lowest BCUT2D eigenvalue weighted by Gasteiger charge is -2.02. The maximum Gasteiger partial charge on any atom is 0.345 e. The number of carbonyl (C=O) groups is 2. The molecule has 1 rings (SSSR count). The molecule has 0 saturated carbocycles. The van der Waals surface area contributed by atoms with Crippen LogP contribution in [0.2, 0.25) is 0 Å². The van der Waals surface area contributed by atoms with Gasteiger partial charge in [-0.05, 0) is 12.1 Å². The van der Waals surface area contributed by atoms with E-state index in [4.69, 9.17) is 15.4 Å². The van der Waals surface area contributed by atoms with Crippen molar-refractivity contribution in [2.45, 2.75) is 0 Å². The van der Waals surface area contributed by atoms with Gasteiger partial charge in [-0.2, -0.15) is 5.48 Å². The Bertz CT molecular complexity index is 251. The lowest BCUT2D eigenvalue weighted by atomic mass is 10.3. The van der Waals surface area contributed by atoms with Crippen LogP contribution in [0.25, 0.3) is 0 Å². The van der Waals surface area contributed by atoms with Crippen molar-refractivity contribution >= 4 is 12.8 Å². The van der Waals surface area contributed by atoms with E-state index in [0.717, 1.165) is 0 Å². The molecule has 5 nitrogen and oxygen atoms in total. The Morgan fingerprint density at radius 2 is 1.85 bits per heavy atom. The largest absolute Gasteiger partial charge is 0.378 e. The lowest BCUT2D eigenvalue weighted by molar-refractivity contribution is -0.0979. The van der Waals surface area contributed by atoms with Crippen LogP contribution in [0.4, 0.5) is 4.79 Å². The smallest absolute Gasteiger partial charge is 0.345 e. The van der Waals surface area contributed by atoms with Gasteiger partial charge in [0, 0.05) is 0 Å². The number of hydroxylamine groups is 1. The van der Waals surface area contributed by atoms with Crippen molar-refractivity contribution in [2.24, 2.45) is 5.73 Å². The second kappa shape index (κ2) is 6.66. The summed E-state index contributed by atoms with van der Waals surface area (Å²) in [5.41, 5.74) is 6.77. The molecule has 0 heterocycles. The monoisotopic (exact) mass is 182 g/mol. The molecule has 13 heavy (non-hydrogen) atoms. The predicted octanol–water partition coefficient (Wildman–Crippen LogP) is 0.464. The molecular weight excluding hydrogens is 172 g/mol. The third-order valence-electron chi connectivity index (χ3n) is 1.01. The molecule has 0 bridgehead atoms. The fourth-order valence-electron chi connectivity index (χ4n) is 0.598. The maximum atomic E-state index is 10.2. The van der Waals surface area contributed by atoms with Gasteiger partial charge < -0.3 is 15.4 Å². The van der Waals surface area contributed by atoms with Gasteiger partial charge in [-0.25, -0.2) is 4.79 Å². The van der Waals surface area contributed by atoms with Crippen molar-refractivity contribution in [3.63, 3.8) is 0 Å². The third kappa shape index (κ3) is 5.25. The van der Waals surface area contributed by atoms with Crippen molar-refractivity contribution in [3.05, 3.63) is 30.3 Å². The first-order chi connectivity index (χ1) is 6.29. The molecule has 0 aliphatic carbocycles. The number of benzene rings is 1. The summed E-state index contributed by atoms with van der Waals surface area (Å²) < 4.78 is 0. The number of para-hydroxylation sites is 1. The number of amides is 2. The molecule has 0 aliphatic rings. The lowest BCUT2D eigenvalue weighted by Crippen LogP contribution is -2.32. The van der Waals surface area contributed by atoms with Gasteiger partial charge in [0.2, 0.25) is 0 Å². The van der Waals surface area contributed by atoms with Crippen LogP contribution in [-0.4, -0.2) is 12.8 Å². The number of hydrogen-bond acceptors (Lipinski definition) is 3. The van der Waals surface area contributed by atoms with Crippen molar-refractivity contribution in [2.75, 3.05) is 0 Å². The Labute approximate surface area is 75.4 Å². The highest BCUT2D eigenvalue weighted by Crippen LogP contribution is 2.05. The Hall–Kier alpha value is -2.04. The molecule has 70 valence electrons. The van der Waals surface area contributed by atoms with E-state index in [0.29, 0.717) is 5.75 Å². The quantitative estimate of drug-likeness (QED) is 0.652. The molecule has 0 unspecified atom stereocenters.